The first kappa shape index (κ1) is 15.9. The predicted molar refractivity (Wildman–Crippen MR) is 73.9 cm³/mol. The lowest BCUT2D eigenvalue weighted by Gasteiger charge is -2.21. The quantitative estimate of drug-likeness (QED) is 0.287. The van der Waals surface area contributed by atoms with E-state index in [0.717, 1.165) is 30.4 Å². The fraction of sp³-hybridized carbons (Fsp3) is 0.467. The average molecular weight is 236 g/mol. The fourth-order valence-corrected chi connectivity index (χ4v) is 1.37. The first-order valence-electron chi connectivity index (χ1n) is 5.89. The van der Waals surface area contributed by atoms with Gasteiger partial charge < -0.3 is 0 Å². The van der Waals surface area contributed by atoms with Gasteiger partial charge in [0.1, 0.15) is 5.60 Å². The van der Waals surface area contributed by atoms with Crippen LogP contribution in [0, 0.1) is 0 Å². The molecular formula is C15H24O2. The second-order valence-corrected chi connectivity index (χ2v) is 4.69. The first-order chi connectivity index (χ1) is 7.93. The SMILES string of the molecule is C=C/C(C)=C/C=C/[C@](C)(CCCC(=C)C)OO. The number of rotatable bonds is 8. The highest BCUT2D eigenvalue weighted by molar-refractivity contribution is 5.21. The van der Waals surface area contributed by atoms with Gasteiger partial charge in [-0.25, -0.2) is 4.89 Å². The van der Waals surface area contributed by atoms with Gasteiger partial charge in [-0.1, -0.05) is 36.0 Å². The Bertz CT molecular complexity index is 313. The third-order valence-electron chi connectivity index (χ3n) is 2.62. The topological polar surface area (TPSA) is 29.5 Å². The van der Waals surface area contributed by atoms with E-state index in [-0.39, 0.29) is 0 Å². The van der Waals surface area contributed by atoms with Gasteiger partial charge in [-0.3, -0.25) is 5.26 Å². The van der Waals surface area contributed by atoms with E-state index >= 15 is 0 Å². The molecule has 0 aliphatic rings. The maximum atomic E-state index is 8.96. The standard InChI is InChI=1S/C15H24O2/c1-6-14(4)10-8-12-15(5,17-16)11-7-9-13(2)3/h6,8,10,12,16H,1-2,7,9,11H2,3-5H3/b12-8+,14-10+/t15-/m0/s1. The van der Waals surface area contributed by atoms with Gasteiger partial charge in [0.2, 0.25) is 0 Å². The van der Waals surface area contributed by atoms with Crippen LogP contribution in [0.3, 0.4) is 0 Å². The van der Waals surface area contributed by atoms with Gasteiger partial charge in [-0.05, 0) is 46.1 Å². The Morgan fingerprint density at radius 3 is 2.53 bits per heavy atom. The Morgan fingerprint density at radius 2 is 2.06 bits per heavy atom. The van der Waals surface area contributed by atoms with Crippen LogP contribution in [-0.4, -0.2) is 10.9 Å². The zero-order chi connectivity index (χ0) is 13.3. The molecule has 0 amide bonds. The molecule has 1 atom stereocenters. The highest BCUT2D eigenvalue weighted by Crippen LogP contribution is 2.21. The summed E-state index contributed by atoms with van der Waals surface area (Å²) in [5.74, 6) is 0. The van der Waals surface area contributed by atoms with Crippen molar-refractivity contribution in [2.75, 3.05) is 0 Å². The highest BCUT2D eigenvalue weighted by atomic mass is 17.1. The Balaban J connectivity index is 4.36. The van der Waals surface area contributed by atoms with Crippen molar-refractivity contribution in [3.8, 4) is 0 Å². The van der Waals surface area contributed by atoms with Gasteiger partial charge in [0.05, 0.1) is 0 Å². The van der Waals surface area contributed by atoms with Crippen molar-refractivity contribution < 1.29 is 10.1 Å². The summed E-state index contributed by atoms with van der Waals surface area (Å²) in [6.07, 6.45) is 10.1. The van der Waals surface area contributed by atoms with E-state index in [9.17, 15) is 0 Å². The van der Waals surface area contributed by atoms with E-state index in [1.54, 1.807) is 6.08 Å². The average Bonchev–Trinajstić information content (AvgIpc) is 2.28. The van der Waals surface area contributed by atoms with Crippen LogP contribution in [0.4, 0.5) is 0 Å². The van der Waals surface area contributed by atoms with Crippen molar-refractivity contribution in [3.05, 3.63) is 48.6 Å². The normalized spacial score (nSPS) is 15.9. The summed E-state index contributed by atoms with van der Waals surface area (Å²) in [4.78, 5) is 4.56. The maximum Gasteiger partial charge on any atom is 0.119 e. The van der Waals surface area contributed by atoms with Gasteiger partial charge in [0.25, 0.3) is 0 Å². The van der Waals surface area contributed by atoms with Crippen LogP contribution in [0.15, 0.2) is 48.6 Å². The lowest BCUT2D eigenvalue weighted by molar-refractivity contribution is -0.304. The molecule has 0 saturated heterocycles. The van der Waals surface area contributed by atoms with Gasteiger partial charge in [0, 0.05) is 0 Å². The van der Waals surface area contributed by atoms with Crippen LogP contribution in [0.2, 0.25) is 0 Å². The van der Waals surface area contributed by atoms with Crippen LogP contribution in [0.5, 0.6) is 0 Å². The van der Waals surface area contributed by atoms with E-state index < -0.39 is 5.60 Å². The molecule has 0 unspecified atom stereocenters. The monoisotopic (exact) mass is 236 g/mol. The van der Waals surface area contributed by atoms with Crippen LogP contribution in [-0.2, 0) is 4.89 Å². The van der Waals surface area contributed by atoms with Crippen LogP contribution < -0.4 is 0 Å². The van der Waals surface area contributed by atoms with Gasteiger partial charge in [-0.2, -0.15) is 0 Å². The van der Waals surface area contributed by atoms with E-state index in [1.165, 1.54) is 0 Å². The molecule has 17 heavy (non-hydrogen) atoms. The van der Waals surface area contributed by atoms with Crippen molar-refractivity contribution >= 4 is 0 Å². The minimum Gasteiger partial charge on any atom is -0.251 e. The number of allylic oxidation sites excluding steroid dienone is 5. The summed E-state index contributed by atoms with van der Waals surface area (Å²) < 4.78 is 0. The van der Waals surface area contributed by atoms with E-state index in [4.69, 9.17) is 5.26 Å². The van der Waals surface area contributed by atoms with Gasteiger partial charge in [-0.15, -0.1) is 6.58 Å². The van der Waals surface area contributed by atoms with E-state index in [2.05, 4.69) is 18.0 Å². The molecular weight excluding hydrogens is 212 g/mol. The second kappa shape index (κ2) is 8.04. The molecule has 1 N–H and O–H groups in total. The molecule has 0 aromatic heterocycles. The molecule has 0 fully saturated rings. The number of hydrogen-bond acceptors (Lipinski definition) is 2. The predicted octanol–water partition coefficient (Wildman–Crippen LogP) is 4.67. The summed E-state index contributed by atoms with van der Waals surface area (Å²) in [5, 5.41) is 8.96. The van der Waals surface area contributed by atoms with Gasteiger partial charge in [0.15, 0.2) is 0 Å². The van der Waals surface area contributed by atoms with E-state index in [0.29, 0.717) is 0 Å². The Morgan fingerprint density at radius 1 is 1.41 bits per heavy atom. The molecule has 2 nitrogen and oxygen atoms in total. The van der Waals surface area contributed by atoms with Crippen molar-refractivity contribution in [2.24, 2.45) is 0 Å². The van der Waals surface area contributed by atoms with Crippen molar-refractivity contribution in [1.82, 2.24) is 0 Å². The maximum absolute atomic E-state index is 8.96. The third kappa shape index (κ3) is 7.72. The molecule has 0 aliphatic heterocycles. The first-order valence-corrected chi connectivity index (χ1v) is 5.89. The highest BCUT2D eigenvalue weighted by Gasteiger charge is 2.20. The third-order valence-corrected chi connectivity index (χ3v) is 2.62. The molecule has 0 spiro atoms. The molecule has 96 valence electrons. The van der Waals surface area contributed by atoms with Gasteiger partial charge >= 0.3 is 0 Å². The number of hydrogen-bond donors (Lipinski definition) is 1. The Kier molecular flexibility index (Phi) is 7.51. The summed E-state index contributed by atoms with van der Waals surface area (Å²) in [6, 6.07) is 0. The summed E-state index contributed by atoms with van der Waals surface area (Å²) >= 11 is 0. The lowest BCUT2D eigenvalue weighted by atomic mass is 9.97. The largest absolute Gasteiger partial charge is 0.251 e. The smallest absolute Gasteiger partial charge is 0.119 e. The minimum atomic E-state index is -0.632. The zero-order valence-corrected chi connectivity index (χ0v) is 11.2. The molecule has 0 radical (unpaired) electrons. The van der Waals surface area contributed by atoms with Crippen molar-refractivity contribution in [2.45, 2.75) is 45.6 Å². The molecule has 0 heterocycles. The summed E-state index contributed by atoms with van der Waals surface area (Å²) in [6.45, 7) is 13.4. The van der Waals surface area contributed by atoms with Crippen LogP contribution in [0.25, 0.3) is 0 Å². The summed E-state index contributed by atoms with van der Waals surface area (Å²) in [5.41, 5.74) is 1.59. The fourth-order valence-electron chi connectivity index (χ4n) is 1.37. The lowest BCUT2D eigenvalue weighted by Crippen LogP contribution is -2.24. The van der Waals surface area contributed by atoms with Crippen LogP contribution >= 0.6 is 0 Å². The Labute approximate surface area is 105 Å². The molecule has 0 saturated carbocycles. The van der Waals surface area contributed by atoms with Crippen molar-refractivity contribution in [3.63, 3.8) is 0 Å². The molecule has 0 aromatic carbocycles. The molecule has 2 heteroatoms. The van der Waals surface area contributed by atoms with E-state index in [1.807, 2.05) is 39.0 Å². The summed E-state index contributed by atoms with van der Waals surface area (Å²) in [7, 11) is 0. The van der Waals surface area contributed by atoms with Crippen LogP contribution in [0.1, 0.15) is 40.0 Å². The second-order valence-electron chi connectivity index (χ2n) is 4.69. The minimum absolute atomic E-state index is 0.632. The molecule has 0 aliphatic carbocycles. The Hall–Kier alpha value is -1.12. The zero-order valence-electron chi connectivity index (χ0n) is 11.2. The molecule has 0 rings (SSSR count). The molecule has 0 aromatic rings. The molecule has 0 bridgehead atoms. The van der Waals surface area contributed by atoms with Crippen molar-refractivity contribution in [1.29, 1.82) is 0 Å².